The minimum atomic E-state index is -0.894. The van der Waals surface area contributed by atoms with Crippen molar-refractivity contribution in [3.05, 3.63) is 54.6 Å². The number of anilines is 1. The number of aliphatic hydroxyl groups excluding tert-OH is 1. The number of carbonyl (C=O) groups is 3. The Morgan fingerprint density at radius 3 is 2.75 bits per heavy atom. The number of likely N-dealkylation sites (tertiary alicyclic amines) is 1. The molecule has 0 saturated carbocycles. The fraction of sp³-hybridized carbons (Fsp3) is 0.500. The van der Waals surface area contributed by atoms with Gasteiger partial charge >= 0.3 is 5.97 Å². The topological polar surface area (TPSA) is 87.2 Å². The van der Waals surface area contributed by atoms with Crippen LogP contribution >= 0.6 is 39.3 Å². The molecule has 1 aromatic carbocycles. The van der Waals surface area contributed by atoms with Gasteiger partial charge in [0, 0.05) is 16.6 Å². The lowest BCUT2D eigenvalue weighted by molar-refractivity contribution is -0.154. The van der Waals surface area contributed by atoms with E-state index >= 15 is 0 Å². The average Bonchev–Trinajstić information content (AvgIpc) is 3.45. The molecule has 1 N–H and O–H groups in total. The predicted octanol–water partition coefficient (Wildman–Crippen LogP) is 3.82. The number of carbonyl (C=O) groups excluding carboxylic acids is 3. The first-order valence-electron chi connectivity index (χ1n) is 11.9. The molecule has 3 saturated heterocycles. The summed E-state index contributed by atoms with van der Waals surface area (Å²) in [6.45, 7) is 9.24. The highest BCUT2D eigenvalue weighted by Gasteiger charge is 2.76. The van der Waals surface area contributed by atoms with E-state index < -0.39 is 34.6 Å². The van der Waals surface area contributed by atoms with E-state index in [0.717, 1.165) is 0 Å². The van der Waals surface area contributed by atoms with E-state index in [2.05, 4.69) is 29.1 Å². The molecule has 36 heavy (non-hydrogen) atoms. The first kappa shape index (κ1) is 27.2. The van der Waals surface area contributed by atoms with Crippen molar-refractivity contribution in [1.29, 1.82) is 0 Å². The number of fused-ring (bicyclic) bond motifs is 1. The second-order valence-electron chi connectivity index (χ2n) is 9.37. The molecule has 3 heterocycles. The molecule has 3 unspecified atom stereocenters. The number of esters is 1. The number of aliphatic hydroxyl groups is 1. The number of nitrogens with zero attached hydrogens (tertiary/aromatic N) is 2. The summed E-state index contributed by atoms with van der Waals surface area (Å²) in [7, 11) is 0. The van der Waals surface area contributed by atoms with E-state index in [9.17, 15) is 19.5 Å². The van der Waals surface area contributed by atoms with Crippen molar-refractivity contribution < 1.29 is 24.2 Å². The van der Waals surface area contributed by atoms with Gasteiger partial charge in [0.2, 0.25) is 5.91 Å². The van der Waals surface area contributed by atoms with Gasteiger partial charge in [-0.05, 0) is 31.9 Å². The zero-order chi connectivity index (χ0) is 26.2. The summed E-state index contributed by atoms with van der Waals surface area (Å²) in [6.07, 6.45) is 4.32. The number of rotatable bonds is 10. The first-order valence-corrected chi connectivity index (χ1v) is 14.1. The highest BCUT2D eigenvalue weighted by Crippen LogP contribution is 2.68. The maximum Gasteiger partial charge on any atom is 0.310 e. The molecule has 2 amide bonds. The smallest absolute Gasteiger partial charge is 0.310 e. The van der Waals surface area contributed by atoms with E-state index in [1.54, 1.807) is 43.3 Å². The summed E-state index contributed by atoms with van der Waals surface area (Å²) in [6, 6.07) is 5.52. The first-order chi connectivity index (χ1) is 17.2. The van der Waals surface area contributed by atoms with Crippen LogP contribution in [0.5, 0.6) is 0 Å². The van der Waals surface area contributed by atoms with Gasteiger partial charge in [-0.15, -0.1) is 24.9 Å². The zero-order valence-corrected chi connectivity index (χ0v) is 23.2. The molecule has 1 aromatic rings. The Kier molecular flexibility index (Phi) is 8.24. The molecular weight excluding hydrogens is 568 g/mol. The highest BCUT2D eigenvalue weighted by molar-refractivity contribution is 9.09. The Balaban J connectivity index is 1.79. The summed E-state index contributed by atoms with van der Waals surface area (Å²) >= 11 is 11.7. The van der Waals surface area contributed by atoms with Crippen LogP contribution < -0.4 is 4.90 Å². The summed E-state index contributed by atoms with van der Waals surface area (Å²) < 4.78 is 4.67. The number of hydrogen-bond donors (Lipinski definition) is 1. The number of benzene rings is 1. The number of thioether (sulfide) groups is 1. The van der Waals surface area contributed by atoms with Crippen LogP contribution in [0, 0.1) is 11.8 Å². The Bertz CT molecular complexity index is 1070. The van der Waals surface area contributed by atoms with Crippen LogP contribution in [0.2, 0.25) is 5.02 Å². The van der Waals surface area contributed by atoms with E-state index in [4.69, 9.17) is 16.3 Å². The van der Waals surface area contributed by atoms with Crippen LogP contribution in [0.1, 0.15) is 19.8 Å². The second kappa shape index (κ2) is 10.9. The highest BCUT2D eigenvalue weighted by atomic mass is 79.9. The molecule has 194 valence electrons. The standard InChI is InChI=1S/C26H30BrClN2O5S/c1-4-6-12-35-25(34)19-20-23(32)30(15(3)14-31)22(26(20)13-16(27)21(19)36-26)24(33)29(11-5-2)18-10-8-7-9-17(18)28/h4-5,7-10,15-16,19-22,31H,1-2,6,11-14H2,3H3/t15-,16?,19-,20+,21-,22?,26?/m1/s1. The average molecular weight is 598 g/mol. The Hall–Kier alpha value is -1.81. The van der Waals surface area contributed by atoms with Gasteiger partial charge in [-0.2, -0.15) is 0 Å². The molecule has 2 bridgehead atoms. The molecule has 3 fully saturated rings. The summed E-state index contributed by atoms with van der Waals surface area (Å²) in [4.78, 5) is 44.5. The number of alkyl halides is 1. The van der Waals surface area contributed by atoms with Crippen LogP contribution in [-0.4, -0.2) is 74.5 Å². The SMILES string of the molecule is C=CCCOC(=O)[C@H]1[C@@H]2SC3(CC2Br)C(C(=O)N(CC=C)c2ccccc2Cl)N([C@H](C)CO)C(=O)[C@H]13. The Morgan fingerprint density at radius 1 is 1.39 bits per heavy atom. The number of ether oxygens (including phenoxy) is 1. The molecule has 0 aromatic heterocycles. The third-order valence-electron chi connectivity index (χ3n) is 7.26. The maximum absolute atomic E-state index is 14.4. The minimum absolute atomic E-state index is 0.0728. The van der Waals surface area contributed by atoms with Gasteiger partial charge in [-0.1, -0.05) is 51.8 Å². The molecule has 1 spiro atoms. The minimum Gasteiger partial charge on any atom is -0.465 e. The summed E-state index contributed by atoms with van der Waals surface area (Å²) in [5.41, 5.74) is 0.515. The van der Waals surface area contributed by atoms with Crippen LogP contribution in [0.15, 0.2) is 49.6 Å². The summed E-state index contributed by atoms with van der Waals surface area (Å²) in [5, 5.41) is 10.2. The molecule has 3 aliphatic rings. The van der Waals surface area contributed by atoms with E-state index in [-0.39, 0.29) is 41.6 Å². The van der Waals surface area contributed by atoms with Crippen molar-refractivity contribution in [3.8, 4) is 0 Å². The van der Waals surface area contributed by atoms with E-state index in [0.29, 0.717) is 23.6 Å². The fourth-order valence-electron chi connectivity index (χ4n) is 5.77. The number of amides is 2. The van der Waals surface area contributed by atoms with Crippen LogP contribution in [0.3, 0.4) is 0 Å². The van der Waals surface area contributed by atoms with Gasteiger partial charge in [0.25, 0.3) is 5.91 Å². The van der Waals surface area contributed by atoms with Crippen molar-refractivity contribution in [3.63, 3.8) is 0 Å². The number of para-hydroxylation sites is 1. The van der Waals surface area contributed by atoms with Gasteiger partial charge in [0.1, 0.15) is 6.04 Å². The van der Waals surface area contributed by atoms with Crippen LogP contribution in [0.25, 0.3) is 0 Å². The lowest BCUT2D eigenvalue weighted by Gasteiger charge is -2.39. The molecular formula is C26H30BrClN2O5S. The van der Waals surface area contributed by atoms with Gasteiger partial charge in [-0.3, -0.25) is 14.4 Å². The molecule has 10 heteroatoms. The van der Waals surface area contributed by atoms with Gasteiger partial charge in [0.05, 0.1) is 46.5 Å². The van der Waals surface area contributed by atoms with Crippen molar-refractivity contribution in [2.45, 2.75) is 46.7 Å². The van der Waals surface area contributed by atoms with E-state index in [1.165, 1.54) is 21.6 Å². The fourth-order valence-corrected chi connectivity index (χ4v) is 9.59. The quantitative estimate of drug-likeness (QED) is 0.191. The van der Waals surface area contributed by atoms with Gasteiger partial charge < -0.3 is 19.6 Å². The summed E-state index contributed by atoms with van der Waals surface area (Å²) in [5.74, 6) is -2.46. The lowest BCUT2D eigenvalue weighted by atomic mass is 9.71. The second-order valence-corrected chi connectivity index (χ2v) is 12.5. The zero-order valence-electron chi connectivity index (χ0n) is 20.0. The third-order valence-corrected chi connectivity index (χ3v) is 10.8. The monoisotopic (exact) mass is 596 g/mol. The Labute approximate surface area is 229 Å². The van der Waals surface area contributed by atoms with Crippen LogP contribution in [0.4, 0.5) is 5.69 Å². The largest absolute Gasteiger partial charge is 0.465 e. The lowest BCUT2D eigenvalue weighted by Crippen LogP contribution is -2.57. The van der Waals surface area contributed by atoms with Crippen molar-refractivity contribution in [1.82, 2.24) is 4.90 Å². The predicted molar refractivity (Wildman–Crippen MR) is 145 cm³/mol. The molecule has 7 atom stereocenters. The molecule has 7 nitrogen and oxygen atoms in total. The van der Waals surface area contributed by atoms with Crippen molar-refractivity contribution in [2.24, 2.45) is 11.8 Å². The van der Waals surface area contributed by atoms with E-state index in [1.807, 2.05) is 0 Å². The Morgan fingerprint density at radius 2 is 2.11 bits per heavy atom. The number of hydrogen-bond acceptors (Lipinski definition) is 6. The van der Waals surface area contributed by atoms with Gasteiger partial charge in [0.15, 0.2) is 0 Å². The normalized spacial score (nSPS) is 31.2. The van der Waals surface area contributed by atoms with Crippen molar-refractivity contribution >= 4 is 62.8 Å². The molecule has 3 aliphatic heterocycles. The third kappa shape index (κ3) is 4.31. The maximum atomic E-state index is 14.4. The van der Waals surface area contributed by atoms with Crippen LogP contribution in [-0.2, 0) is 19.1 Å². The van der Waals surface area contributed by atoms with Crippen molar-refractivity contribution in [2.75, 3.05) is 24.7 Å². The molecule has 4 rings (SSSR count). The van der Waals surface area contributed by atoms with Gasteiger partial charge in [-0.25, -0.2) is 0 Å². The molecule has 0 aliphatic carbocycles. The molecule has 0 radical (unpaired) electrons. The number of halogens is 2.